The number of carbonyl (C=O) groups is 2. The Bertz CT molecular complexity index is 529. The third-order valence-corrected chi connectivity index (χ3v) is 3.45. The smallest absolute Gasteiger partial charge is 0.272 e. The summed E-state index contributed by atoms with van der Waals surface area (Å²) < 4.78 is 0. The van der Waals surface area contributed by atoms with Crippen LogP contribution in [0.5, 0.6) is 0 Å². The van der Waals surface area contributed by atoms with Crippen LogP contribution >= 0.6 is 0 Å². The molecule has 0 radical (unpaired) electrons. The summed E-state index contributed by atoms with van der Waals surface area (Å²) in [4.78, 5) is 23.8. The van der Waals surface area contributed by atoms with E-state index in [-0.39, 0.29) is 5.91 Å². The van der Waals surface area contributed by atoms with Crippen LogP contribution in [0.2, 0.25) is 0 Å². The van der Waals surface area contributed by atoms with E-state index in [0.29, 0.717) is 12.2 Å². The average Bonchev–Trinajstić information content (AvgIpc) is 2.77. The van der Waals surface area contributed by atoms with E-state index in [1.54, 1.807) is 0 Å². The number of fused-ring (bicyclic) bond motifs is 1. The van der Waals surface area contributed by atoms with Gasteiger partial charge in [0, 0.05) is 30.8 Å². The second-order valence-electron chi connectivity index (χ2n) is 6.13. The van der Waals surface area contributed by atoms with Crippen molar-refractivity contribution in [3.63, 3.8) is 0 Å². The summed E-state index contributed by atoms with van der Waals surface area (Å²) in [6.07, 6.45) is 0.814. The van der Waals surface area contributed by atoms with Crippen LogP contribution < -0.4 is 16.4 Å². The Morgan fingerprint density at radius 2 is 2.10 bits per heavy atom. The van der Waals surface area contributed by atoms with Crippen molar-refractivity contribution in [2.24, 2.45) is 11.1 Å². The molecule has 2 heterocycles. The van der Waals surface area contributed by atoms with Crippen molar-refractivity contribution < 1.29 is 9.59 Å². The highest BCUT2D eigenvalue weighted by Crippen LogP contribution is 2.20. The minimum atomic E-state index is -0.737. The lowest BCUT2D eigenvalue weighted by Gasteiger charge is -2.28. The molecule has 5 N–H and O–H groups in total. The molecule has 7 heteroatoms. The first kappa shape index (κ1) is 14.5. The number of nitrogens with one attached hydrogen (secondary N) is 3. The second kappa shape index (κ2) is 5.24. The molecule has 1 aliphatic rings. The molecule has 0 spiro atoms. The SMILES string of the molecule is CC(C)(C)C(NC(=O)c1n[nH]c2c1CNCC2)C(N)=O. The number of nitrogens with zero attached hydrogens (tertiary/aromatic N) is 1. The van der Waals surface area contributed by atoms with Gasteiger partial charge in [-0.3, -0.25) is 14.7 Å². The number of H-pyrrole nitrogens is 1. The zero-order valence-electron chi connectivity index (χ0n) is 12.0. The molecule has 0 fully saturated rings. The standard InChI is InChI=1S/C13H21N5O2/c1-13(2,3)10(11(14)19)16-12(20)9-7-6-15-5-4-8(7)17-18-9/h10,15H,4-6H2,1-3H3,(H2,14,19)(H,16,20)(H,17,18). The van der Waals surface area contributed by atoms with E-state index in [2.05, 4.69) is 20.8 Å². The molecule has 1 aromatic rings. The van der Waals surface area contributed by atoms with Gasteiger partial charge in [-0.2, -0.15) is 5.10 Å². The van der Waals surface area contributed by atoms with Crippen LogP contribution in [0.1, 0.15) is 42.5 Å². The van der Waals surface area contributed by atoms with E-state index >= 15 is 0 Å². The van der Waals surface area contributed by atoms with Gasteiger partial charge < -0.3 is 16.4 Å². The van der Waals surface area contributed by atoms with Gasteiger partial charge in [-0.15, -0.1) is 0 Å². The summed E-state index contributed by atoms with van der Waals surface area (Å²) in [5.74, 6) is -0.918. The Kier molecular flexibility index (Phi) is 3.80. The molecule has 0 saturated carbocycles. The summed E-state index contributed by atoms with van der Waals surface area (Å²) in [5, 5.41) is 12.8. The molecule has 0 aromatic carbocycles. The summed E-state index contributed by atoms with van der Waals surface area (Å²) in [5.41, 5.74) is 7.09. The van der Waals surface area contributed by atoms with E-state index in [9.17, 15) is 9.59 Å². The predicted octanol–water partition coefficient (Wildman–Crippen LogP) is -0.315. The predicted molar refractivity (Wildman–Crippen MR) is 73.9 cm³/mol. The largest absolute Gasteiger partial charge is 0.368 e. The van der Waals surface area contributed by atoms with Gasteiger partial charge in [0.25, 0.3) is 5.91 Å². The molecule has 1 aromatic heterocycles. The maximum atomic E-state index is 12.3. The van der Waals surface area contributed by atoms with Crippen LogP contribution in [-0.2, 0) is 17.8 Å². The number of aromatic amines is 1. The van der Waals surface area contributed by atoms with Crippen molar-refractivity contribution >= 4 is 11.8 Å². The maximum absolute atomic E-state index is 12.3. The van der Waals surface area contributed by atoms with E-state index in [0.717, 1.165) is 24.2 Å². The number of aromatic nitrogens is 2. The number of carbonyl (C=O) groups excluding carboxylic acids is 2. The van der Waals surface area contributed by atoms with Gasteiger partial charge in [0.2, 0.25) is 5.91 Å². The Morgan fingerprint density at radius 1 is 1.40 bits per heavy atom. The van der Waals surface area contributed by atoms with Crippen LogP contribution in [0.15, 0.2) is 0 Å². The molecule has 7 nitrogen and oxygen atoms in total. The van der Waals surface area contributed by atoms with Crippen molar-refractivity contribution in [3.05, 3.63) is 17.0 Å². The Morgan fingerprint density at radius 3 is 2.70 bits per heavy atom. The first-order valence-corrected chi connectivity index (χ1v) is 6.67. The van der Waals surface area contributed by atoms with Crippen molar-refractivity contribution in [1.82, 2.24) is 20.8 Å². The lowest BCUT2D eigenvalue weighted by molar-refractivity contribution is -0.122. The summed E-state index contributed by atoms with van der Waals surface area (Å²) in [6, 6.07) is -0.737. The maximum Gasteiger partial charge on any atom is 0.272 e. The van der Waals surface area contributed by atoms with Gasteiger partial charge in [0.1, 0.15) is 6.04 Å². The molecule has 1 atom stereocenters. The molecule has 0 aliphatic carbocycles. The number of primary amides is 1. The summed E-state index contributed by atoms with van der Waals surface area (Å²) in [7, 11) is 0. The Labute approximate surface area is 117 Å². The number of nitrogens with two attached hydrogens (primary N) is 1. The minimum Gasteiger partial charge on any atom is -0.368 e. The number of hydrogen-bond donors (Lipinski definition) is 4. The molecule has 1 aliphatic heterocycles. The molecular formula is C13H21N5O2. The lowest BCUT2D eigenvalue weighted by Crippen LogP contribution is -2.52. The topological polar surface area (TPSA) is 113 Å². The fraction of sp³-hybridized carbons (Fsp3) is 0.615. The van der Waals surface area contributed by atoms with Crippen molar-refractivity contribution in [2.45, 2.75) is 39.8 Å². The monoisotopic (exact) mass is 279 g/mol. The number of rotatable bonds is 3. The third kappa shape index (κ3) is 2.82. The van der Waals surface area contributed by atoms with Crippen LogP contribution in [-0.4, -0.2) is 34.6 Å². The van der Waals surface area contributed by atoms with Crippen molar-refractivity contribution in [3.8, 4) is 0 Å². The molecular weight excluding hydrogens is 258 g/mol. The number of hydrogen-bond acceptors (Lipinski definition) is 4. The summed E-state index contributed by atoms with van der Waals surface area (Å²) >= 11 is 0. The van der Waals surface area contributed by atoms with Crippen molar-refractivity contribution in [2.75, 3.05) is 6.54 Å². The van der Waals surface area contributed by atoms with Crippen LogP contribution in [0.25, 0.3) is 0 Å². The van der Waals surface area contributed by atoms with Gasteiger partial charge in [-0.25, -0.2) is 0 Å². The van der Waals surface area contributed by atoms with E-state index in [1.165, 1.54) is 0 Å². The van der Waals surface area contributed by atoms with Gasteiger partial charge >= 0.3 is 0 Å². The zero-order valence-corrected chi connectivity index (χ0v) is 12.0. The minimum absolute atomic E-state index is 0.336. The van der Waals surface area contributed by atoms with Crippen LogP contribution in [0, 0.1) is 5.41 Å². The van der Waals surface area contributed by atoms with E-state index < -0.39 is 17.4 Å². The fourth-order valence-corrected chi connectivity index (χ4v) is 2.33. The van der Waals surface area contributed by atoms with Gasteiger partial charge in [-0.05, 0) is 5.41 Å². The molecule has 0 saturated heterocycles. The van der Waals surface area contributed by atoms with Crippen LogP contribution in [0.4, 0.5) is 0 Å². The third-order valence-electron chi connectivity index (χ3n) is 3.45. The fourth-order valence-electron chi connectivity index (χ4n) is 2.33. The molecule has 2 amide bonds. The molecule has 0 bridgehead atoms. The highest BCUT2D eigenvalue weighted by atomic mass is 16.2. The van der Waals surface area contributed by atoms with Crippen molar-refractivity contribution in [1.29, 1.82) is 0 Å². The zero-order chi connectivity index (χ0) is 14.9. The normalized spacial score (nSPS) is 16.4. The highest BCUT2D eigenvalue weighted by Gasteiger charge is 2.33. The number of amides is 2. The lowest BCUT2D eigenvalue weighted by atomic mass is 9.86. The molecule has 1 unspecified atom stereocenters. The van der Waals surface area contributed by atoms with Gasteiger partial charge in [0.15, 0.2) is 5.69 Å². The van der Waals surface area contributed by atoms with Gasteiger partial charge in [0.05, 0.1) is 0 Å². The molecule has 20 heavy (non-hydrogen) atoms. The Balaban J connectivity index is 2.19. The molecule has 2 rings (SSSR count). The molecule has 110 valence electrons. The quantitative estimate of drug-likeness (QED) is 0.607. The Hall–Kier alpha value is -1.89. The summed E-state index contributed by atoms with van der Waals surface area (Å²) in [6.45, 7) is 7.02. The van der Waals surface area contributed by atoms with Gasteiger partial charge in [-0.1, -0.05) is 20.8 Å². The first-order valence-electron chi connectivity index (χ1n) is 6.67. The first-order chi connectivity index (χ1) is 9.30. The van der Waals surface area contributed by atoms with E-state index in [4.69, 9.17) is 5.73 Å². The van der Waals surface area contributed by atoms with E-state index in [1.807, 2.05) is 20.8 Å². The second-order valence-corrected chi connectivity index (χ2v) is 6.13. The average molecular weight is 279 g/mol. The van der Waals surface area contributed by atoms with Crippen LogP contribution in [0.3, 0.4) is 0 Å². The highest BCUT2D eigenvalue weighted by molar-refractivity contribution is 5.97.